The van der Waals surface area contributed by atoms with Crippen molar-refractivity contribution in [3.8, 4) is 0 Å². The molecule has 1 fully saturated rings. The molecule has 1 amide bonds. The second kappa shape index (κ2) is 3.87. The highest BCUT2D eigenvalue weighted by Crippen LogP contribution is 2.05. The van der Waals surface area contributed by atoms with Crippen LogP contribution in [0.25, 0.3) is 0 Å². The van der Waals surface area contributed by atoms with E-state index in [1.54, 1.807) is 0 Å². The normalized spacial score (nSPS) is 30.5. The molecule has 0 spiro atoms. The van der Waals surface area contributed by atoms with Crippen molar-refractivity contribution in [2.24, 2.45) is 5.92 Å². The number of carbonyl (C=O) groups is 1. The molecule has 0 bridgehead atoms. The van der Waals surface area contributed by atoms with Gasteiger partial charge >= 0.3 is 0 Å². The van der Waals surface area contributed by atoms with E-state index >= 15 is 0 Å². The monoisotopic (exact) mass is 172 g/mol. The van der Waals surface area contributed by atoms with E-state index in [0.29, 0.717) is 12.5 Å². The molecular weight excluding hydrogens is 156 g/mol. The molecule has 0 saturated carbocycles. The highest BCUT2D eigenvalue weighted by molar-refractivity contribution is 5.83. The Morgan fingerprint density at radius 3 is 2.75 bits per heavy atom. The van der Waals surface area contributed by atoms with Crippen LogP contribution >= 0.6 is 0 Å². The summed E-state index contributed by atoms with van der Waals surface area (Å²) in [4.78, 5) is 11.3. The molecule has 0 aromatic rings. The van der Waals surface area contributed by atoms with Crippen molar-refractivity contribution < 1.29 is 9.90 Å². The first-order valence-electron chi connectivity index (χ1n) is 4.29. The highest BCUT2D eigenvalue weighted by atomic mass is 16.3. The largest absolute Gasteiger partial charge is 0.394 e. The maximum atomic E-state index is 11.3. The molecule has 0 aromatic carbocycles. The van der Waals surface area contributed by atoms with Crippen LogP contribution < -0.4 is 10.6 Å². The third kappa shape index (κ3) is 1.95. The maximum absolute atomic E-state index is 11.3. The molecule has 3 N–H and O–H groups in total. The van der Waals surface area contributed by atoms with Crippen molar-refractivity contribution in [1.29, 1.82) is 0 Å². The smallest absolute Gasteiger partial charge is 0.237 e. The molecule has 1 aliphatic heterocycles. The number of aliphatic hydroxyl groups is 1. The molecule has 0 aliphatic carbocycles. The Kier molecular flexibility index (Phi) is 3.05. The zero-order valence-electron chi connectivity index (χ0n) is 7.50. The number of amides is 1. The number of hydrogen-bond donors (Lipinski definition) is 3. The number of piperazine rings is 1. The van der Waals surface area contributed by atoms with E-state index in [-0.39, 0.29) is 24.6 Å². The first-order valence-corrected chi connectivity index (χ1v) is 4.29. The average molecular weight is 172 g/mol. The van der Waals surface area contributed by atoms with Gasteiger partial charge in [0.2, 0.25) is 5.91 Å². The van der Waals surface area contributed by atoms with Gasteiger partial charge in [0.05, 0.1) is 18.7 Å². The fourth-order valence-electron chi connectivity index (χ4n) is 1.35. The Morgan fingerprint density at radius 2 is 2.33 bits per heavy atom. The molecule has 1 aliphatic rings. The van der Waals surface area contributed by atoms with Crippen molar-refractivity contribution in [3.05, 3.63) is 0 Å². The number of hydrogen-bond acceptors (Lipinski definition) is 3. The average Bonchev–Trinajstić information content (AvgIpc) is 2.03. The third-order valence-electron chi connectivity index (χ3n) is 2.10. The summed E-state index contributed by atoms with van der Waals surface area (Å²) in [6.07, 6.45) is 0. The third-order valence-corrected chi connectivity index (χ3v) is 2.10. The number of aliphatic hydroxyl groups excluding tert-OH is 1. The summed E-state index contributed by atoms with van der Waals surface area (Å²) in [7, 11) is 0. The van der Waals surface area contributed by atoms with E-state index in [2.05, 4.69) is 10.6 Å². The minimum Gasteiger partial charge on any atom is -0.394 e. The Balaban J connectivity index is 2.48. The molecule has 1 heterocycles. The fourth-order valence-corrected chi connectivity index (χ4v) is 1.35. The molecule has 70 valence electrons. The van der Waals surface area contributed by atoms with Gasteiger partial charge in [0, 0.05) is 6.54 Å². The van der Waals surface area contributed by atoms with Crippen molar-refractivity contribution >= 4 is 5.91 Å². The summed E-state index contributed by atoms with van der Waals surface area (Å²) in [6.45, 7) is 4.65. The number of rotatable bonds is 2. The lowest BCUT2D eigenvalue weighted by atomic mass is 10.0. The minimum atomic E-state index is -0.118. The Labute approximate surface area is 72.3 Å². The summed E-state index contributed by atoms with van der Waals surface area (Å²) in [5.74, 6) is 0.292. The van der Waals surface area contributed by atoms with E-state index in [0.717, 1.165) is 0 Å². The second-order valence-electron chi connectivity index (χ2n) is 3.52. The molecule has 2 unspecified atom stereocenters. The van der Waals surface area contributed by atoms with Crippen LogP contribution in [0.2, 0.25) is 0 Å². The molecule has 4 nitrogen and oxygen atoms in total. The maximum Gasteiger partial charge on any atom is 0.237 e. The summed E-state index contributed by atoms with van der Waals surface area (Å²) in [5, 5.41) is 14.6. The van der Waals surface area contributed by atoms with Gasteiger partial charge in [-0.25, -0.2) is 0 Å². The van der Waals surface area contributed by atoms with Gasteiger partial charge in [-0.3, -0.25) is 4.79 Å². The van der Waals surface area contributed by atoms with Crippen LogP contribution in [0, 0.1) is 5.92 Å². The zero-order valence-corrected chi connectivity index (χ0v) is 7.50. The van der Waals surface area contributed by atoms with Crippen molar-refractivity contribution in [3.63, 3.8) is 0 Å². The lowest BCUT2D eigenvalue weighted by Gasteiger charge is -2.31. The van der Waals surface area contributed by atoms with Crippen LogP contribution in [0.1, 0.15) is 13.8 Å². The van der Waals surface area contributed by atoms with E-state index in [1.165, 1.54) is 0 Å². The molecule has 1 saturated heterocycles. The quantitative estimate of drug-likeness (QED) is 0.505. The molecule has 2 atom stereocenters. The number of carbonyl (C=O) groups excluding carboxylic acids is 1. The summed E-state index contributed by atoms with van der Waals surface area (Å²) >= 11 is 0. The van der Waals surface area contributed by atoms with E-state index in [1.807, 2.05) is 13.8 Å². The van der Waals surface area contributed by atoms with Crippen LogP contribution in [-0.2, 0) is 4.79 Å². The first-order chi connectivity index (χ1) is 5.65. The Hall–Kier alpha value is -0.610. The van der Waals surface area contributed by atoms with Crippen molar-refractivity contribution in [2.45, 2.75) is 25.9 Å². The Morgan fingerprint density at radius 1 is 1.67 bits per heavy atom. The molecule has 12 heavy (non-hydrogen) atoms. The molecule has 0 radical (unpaired) electrons. The van der Waals surface area contributed by atoms with Crippen LogP contribution in [0.15, 0.2) is 0 Å². The standard InChI is InChI=1S/C8H16N2O2/c1-5(2)7-8(12)10-6(4-11)3-9-7/h5-7,9,11H,3-4H2,1-2H3,(H,10,12). The SMILES string of the molecule is CC(C)C1NCC(CO)NC1=O. The zero-order chi connectivity index (χ0) is 9.14. The number of nitrogens with one attached hydrogen (secondary N) is 2. The van der Waals surface area contributed by atoms with Gasteiger partial charge in [0.25, 0.3) is 0 Å². The van der Waals surface area contributed by atoms with Crippen LogP contribution in [-0.4, -0.2) is 36.2 Å². The predicted octanol–water partition coefficient (Wildman–Crippen LogP) is -0.909. The molecule has 0 aromatic heterocycles. The van der Waals surface area contributed by atoms with Crippen LogP contribution in [0.3, 0.4) is 0 Å². The predicted molar refractivity (Wildman–Crippen MR) is 45.6 cm³/mol. The molecule has 1 rings (SSSR count). The molecule has 4 heteroatoms. The first kappa shape index (κ1) is 9.48. The van der Waals surface area contributed by atoms with Gasteiger partial charge in [-0.05, 0) is 5.92 Å². The van der Waals surface area contributed by atoms with E-state index < -0.39 is 0 Å². The summed E-state index contributed by atoms with van der Waals surface area (Å²) in [5.41, 5.74) is 0. The van der Waals surface area contributed by atoms with Gasteiger partial charge in [0.15, 0.2) is 0 Å². The fraction of sp³-hybridized carbons (Fsp3) is 0.875. The summed E-state index contributed by atoms with van der Waals surface area (Å²) in [6, 6.07) is -0.222. The minimum absolute atomic E-state index is 0.00353. The van der Waals surface area contributed by atoms with Gasteiger partial charge in [0.1, 0.15) is 0 Å². The van der Waals surface area contributed by atoms with Crippen molar-refractivity contribution in [2.75, 3.05) is 13.2 Å². The molecular formula is C8H16N2O2. The highest BCUT2D eigenvalue weighted by Gasteiger charge is 2.28. The van der Waals surface area contributed by atoms with Gasteiger partial charge in [-0.15, -0.1) is 0 Å². The van der Waals surface area contributed by atoms with Gasteiger partial charge in [-0.1, -0.05) is 13.8 Å². The van der Waals surface area contributed by atoms with Crippen molar-refractivity contribution in [1.82, 2.24) is 10.6 Å². The topological polar surface area (TPSA) is 61.4 Å². The lowest BCUT2D eigenvalue weighted by Crippen LogP contribution is -2.60. The van der Waals surface area contributed by atoms with Crippen LogP contribution in [0.4, 0.5) is 0 Å². The Bertz CT molecular complexity index is 170. The van der Waals surface area contributed by atoms with Gasteiger partial charge in [-0.2, -0.15) is 0 Å². The summed E-state index contributed by atoms with van der Waals surface area (Å²) < 4.78 is 0. The second-order valence-corrected chi connectivity index (χ2v) is 3.52. The van der Waals surface area contributed by atoms with Gasteiger partial charge < -0.3 is 15.7 Å². The van der Waals surface area contributed by atoms with Crippen LogP contribution in [0.5, 0.6) is 0 Å². The van der Waals surface area contributed by atoms with E-state index in [4.69, 9.17) is 5.11 Å². The van der Waals surface area contributed by atoms with E-state index in [9.17, 15) is 4.79 Å². The lowest BCUT2D eigenvalue weighted by molar-refractivity contribution is -0.127.